The first-order valence-corrected chi connectivity index (χ1v) is 7.90. The number of hydrogen-bond donors (Lipinski definition) is 1. The second kappa shape index (κ2) is 5.65. The summed E-state index contributed by atoms with van der Waals surface area (Å²) >= 11 is 0. The van der Waals surface area contributed by atoms with Crippen molar-refractivity contribution >= 4 is 0 Å². The molecule has 3 heteroatoms. The minimum atomic E-state index is -0.195. The number of hydrogen-bond acceptors (Lipinski definition) is 3. The molecule has 1 aromatic carbocycles. The summed E-state index contributed by atoms with van der Waals surface area (Å²) in [5, 5.41) is 0. The molecule has 110 valence electrons. The molecule has 0 spiro atoms. The third-order valence-electron chi connectivity index (χ3n) is 4.93. The average Bonchev–Trinajstić information content (AvgIpc) is 2.69. The van der Waals surface area contributed by atoms with E-state index in [-0.39, 0.29) is 5.54 Å². The Bertz CT molecular complexity index is 474. The fraction of sp³-hybridized carbons (Fsp3) is 0.647. The lowest BCUT2D eigenvalue weighted by Crippen LogP contribution is -2.36. The van der Waals surface area contributed by atoms with E-state index in [2.05, 4.69) is 19.1 Å². The summed E-state index contributed by atoms with van der Waals surface area (Å²) in [4.78, 5) is 0. The van der Waals surface area contributed by atoms with Gasteiger partial charge < -0.3 is 15.2 Å². The lowest BCUT2D eigenvalue weighted by atomic mass is 9.83. The molecular weight excluding hydrogens is 250 g/mol. The van der Waals surface area contributed by atoms with E-state index in [9.17, 15) is 0 Å². The van der Waals surface area contributed by atoms with E-state index in [0.29, 0.717) is 13.2 Å². The molecule has 2 N–H and O–H groups in total. The maximum atomic E-state index is 6.73. The third kappa shape index (κ3) is 2.64. The van der Waals surface area contributed by atoms with Crippen LogP contribution in [0.25, 0.3) is 0 Å². The fourth-order valence-electron chi connectivity index (χ4n) is 3.49. The highest BCUT2D eigenvalue weighted by atomic mass is 16.6. The van der Waals surface area contributed by atoms with Crippen LogP contribution in [0.2, 0.25) is 0 Å². The van der Waals surface area contributed by atoms with Crippen molar-refractivity contribution < 1.29 is 9.47 Å². The molecule has 2 aliphatic rings. The van der Waals surface area contributed by atoms with Crippen LogP contribution >= 0.6 is 0 Å². The van der Waals surface area contributed by atoms with E-state index in [1.165, 1.54) is 31.2 Å². The van der Waals surface area contributed by atoms with Gasteiger partial charge in [0.05, 0.1) is 0 Å². The van der Waals surface area contributed by atoms with E-state index in [1.54, 1.807) is 0 Å². The molecule has 0 radical (unpaired) electrons. The van der Waals surface area contributed by atoms with Gasteiger partial charge in [-0.3, -0.25) is 0 Å². The van der Waals surface area contributed by atoms with Crippen LogP contribution in [-0.4, -0.2) is 13.2 Å². The molecule has 20 heavy (non-hydrogen) atoms. The molecule has 0 bridgehead atoms. The summed E-state index contributed by atoms with van der Waals surface area (Å²) in [6.07, 6.45) is 7.20. The van der Waals surface area contributed by atoms with Gasteiger partial charge in [-0.15, -0.1) is 0 Å². The number of nitrogens with two attached hydrogens (primary N) is 1. The van der Waals surface area contributed by atoms with Crippen molar-refractivity contribution in [3.8, 4) is 11.5 Å². The van der Waals surface area contributed by atoms with E-state index < -0.39 is 0 Å². The normalized spacial score (nSPS) is 29.8. The van der Waals surface area contributed by atoms with Crippen molar-refractivity contribution in [2.75, 3.05) is 13.2 Å². The fourth-order valence-corrected chi connectivity index (χ4v) is 3.49. The Kier molecular flexibility index (Phi) is 3.88. The van der Waals surface area contributed by atoms with Crippen molar-refractivity contribution in [2.24, 2.45) is 11.7 Å². The molecule has 1 fully saturated rings. The molecule has 0 aromatic heterocycles. The second-order valence-electron chi connectivity index (χ2n) is 6.22. The van der Waals surface area contributed by atoms with Crippen LogP contribution in [0.3, 0.4) is 0 Å². The SMILES string of the molecule is CCC1CCCC(N)(c2ccc3c(c2)OCCO3)CC1. The summed E-state index contributed by atoms with van der Waals surface area (Å²) < 4.78 is 11.3. The van der Waals surface area contributed by atoms with Crippen LogP contribution in [0.15, 0.2) is 18.2 Å². The molecule has 3 rings (SSSR count). The van der Waals surface area contributed by atoms with E-state index in [1.807, 2.05) is 6.07 Å². The summed E-state index contributed by atoms with van der Waals surface area (Å²) in [6, 6.07) is 6.24. The molecule has 0 amide bonds. The van der Waals surface area contributed by atoms with Crippen molar-refractivity contribution in [3.05, 3.63) is 23.8 Å². The lowest BCUT2D eigenvalue weighted by Gasteiger charge is -2.30. The van der Waals surface area contributed by atoms with Crippen LogP contribution in [-0.2, 0) is 5.54 Å². The van der Waals surface area contributed by atoms with Gasteiger partial charge in [-0.2, -0.15) is 0 Å². The first-order valence-electron chi connectivity index (χ1n) is 7.90. The lowest BCUT2D eigenvalue weighted by molar-refractivity contribution is 0.171. The summed E-state index contributed by atoms with van der Waals surface area (Å²) in [7, 11) is 0. The number of ether oxygens (including phenoxy) is 2. The van der Waals surface area contributed by atoms with Crippen molar-refractivity contribution in [3.63, 3.8) is 0 Å². The predicted octanol–water partition coefficient (Wildman–Crippen LogP) is 3.60. The quantitative estimate of drug-likeness (QED) is 0.839. The maximum Gasteiger partial charge on any atom is 0.161 e. The van der Waals surface area contributed by atoms with Crippen molar-refractivity contribution in [1.29, 1.82) is 0 Å². The zero-order valence-electron chi connectivity index (χ0n) is 12.4. The molecule has 0 saturated heterocycles. The molecule has 2 atom stereocenters. The summed E-state index contributed by atoms with van der Waals surface area (Å²) in [5.74, 6) is 2.55. The Hall–Kier alpha value is -1.22. The summed E-state index contributed by atoms with van der Waals surface area (Å²) in [5.41, 5.74) is 7.75. The van der Waals surface area contributed by atoms with Gasteiger partial charge in [0.2, 0.25) is 0 Å². The van der Waals surface area contributed by atoms with E-state index in [0.717, 1.165) is 30.3 Å². The molecule has 1 heterocycles. The van der Waals surface area contributed by atoms with Crippen molar-refractivity contribution in [2.45, 2.75) is 51.0 Å². The first kappa shape index (κ1) is 13.7. The Morgan fingerprint density at radius 1 is 1.15 bits per heavy atom. The zero-order valence-corrected chi connectivity index (χ0v) is 12.4. The molecule has 1 aromatic rings. The Morgan fingerprint density at radius 2 is 1.95 bits per heavy atom. The Morgan fingerprint density at radius 3 is 2.75 bits per heavy atom. The van der Waals surface area contributed by atoms with Crippen molar-refractivity contribution in [1.82, 2.24) is 0 Å². The number of rotatable bonds is 2. The second-order valence-corrected chi connectivity index (χ2v) is 6.22. The highest BCUT2D eigenvalue weighted by Gasteiger charge is 2.31. The Labute approximate surface area is 121 Å². The number of benzene rings is 1. The number of fused-ring (bicyclic) bond motifs is 1. The van der Waals surface area contributed by atoms with Crippen LogP contribution in [0.5, 0.6) is 11.5 Å². The third-order valence-corrected chi connectivity index (χ3v) is 4.93. The molecule has 1 aliphatic heterocycles. The van der Waals surface area contributed by atoms with Gasteiger partial charge in [0.15, 0.2) is 11.5 Å². The first-order chi connectivity index (χ1) is 9.71. The molecule has 3 nitrogen and oxygen atoms in total. The van der Waals surface area contributed by atoms with Crippen LogP contribution in [0.4, 0.5) is 0 Å². The minimum absolute atomic E-state index is 0.195. The van der Waals surface area contributed by atoms with E-state index >= 15 is 0 Å². The molecule has 1 saturated carbocycles. The predicted molar refractivity (Wildman–Crippen MR) is 80.2 cm³/mol. The van der Waals surface area contributed by atoms with Crippen LogP contribution in [0.1, 0.15) is 51.0 Å². The maximum absolute atomic E-state index is 6.73. The summed E-state index contributed by atoms with van der Waals surface area (Å²) in [6.45, 7) is 3.56. The van der Waals surface area contributed by atoms with Crippen LogP contribution in [0, 0.1) is 5.92 Å². The highest BCUT2D eigenvalue weighted by Crippen LogP contribution is 2.40. The monoisotopic (exact) mass is 275 g/mol. The largest absolute Gasteiger partial charge is 0.486 e. The van der Waals surface area contributed by atoms with Gasteiger partial charge >= 0.3 is 0 Å². The van der Waals surface area contributed by atoms with Gasteiger partial charge in [0, 0.05) is 5.54 Å². The molecular formula is C17H25NO2. The van der Waals surface area contributed by atoms with Gasteiger partial charge in [0.25, 0.3) is 0 Å². The Balaban J connectivity index is 1.83. The van der Waals surface area contributed by atoms with Gasteiger partial charge in [-0.1, -0.05) is 32.3 Å². The standard InChI is InChI=1S/C17H25NO2/c1-2-13-4-3-8-17(18,9-7-13)14-5-6-15-16(12-14)20-11-10-19-15/h5-6,12-13H,2-4,7-11,18H2,1H3. The van der Waals surface area contributed by atoms with Gasteiger partial charge in [-0.05, 0) is 42.9 Å². The average molecular weight is 275 g/mol. The molecule has 2 unspecified atom stereocenters. The smallest absolute Gasteiger partial charge is 0.161 e. The molecule has 1 aliphatic carbocycles. The van der Waals surface area contributed by atoms with Gasteiger partial charge in [-0.25, -0.2) is 0 Å². The van der Waals surface area contributed by atoms with E-state index in [4.69, 9.17) is 15.2 Å². The van der Waals surface area contributed by atoms with Gasteiger partial charge in [0.1, 0.15) is 13.2 Å². The zero-order chi connectivity index (χ0) is 14.0. The highest BCUT2D eigenvalue weighted by molar-refractivity contribution is 5.45. The minimum Gasteiger partial charge on any atom is -0.486 e. The topological polar surface area (TPSA) is 44.5 Å². The van der Waals surface area contributed by atoms with Crippen LogP contribution < -0.4 is 15.2 Å².